The highest BCUT2D eigenvalue weighted by molar-refractivity contribution is 6.10. The fourth-order valence-corrected chi connectivity index (χ4v) is 11.5. The van der Waals surface area contributed by atoms with Crippen LogP contribution >= 0.6 is 0 Å². The third kappa shape index (κ3) is 13.0. The zero-order valence-corrected chi connectivity index (χ0v) is 52.7. The molecule has 6 aliphatic rings. The molecule has 4 saturated heterocycles. The van der Waals surface area contributed by atoms with E-state index in [0.29, 0.717) is 5.56 Å². The molecule has 0 radical (unpaired) electrons. The minimum atomic E-state index is -1.88. The summed E-state index contributed by atoms with van der Waals surface area (Å²) in [6.45, 7) is 18.3. The molecule has 0 aromatic heterocycles. The third-order valence-electron chi connectivity index (χ3n) is 17.1. The second-order valence-corrected chi connectivity index (χ2v) is 24.8. The number of fused-ring (bicyclic) bond motifs is 4. The van der Waals surface area contributed by atoms with E-state index in [1.165, 1.54) is 80.7 Å². The molecule has 478 valence electrons. The van der Waals surface area contributed by atoms with Gasteiger partial charge in [-0.25, -0.2) is 14.6 Å². The molecule has 88 heavy (non-hydrogen) atoms. The SMILES string of the molecule is Cc1c2oc3c(C)ccc(C(=O)NC4C(=O)NC(C(C)C)C(=O)N5CCC5C(=O)N(C)CC(=O)N(C)C(C(C)C)C(=O)OC4C)c3nc-2c(C(=O)NC2C(=O)NC(C(C)C)C(=O)N3CCC3C(=O)N(C)CC(=O)N(C)C(C(C)C)C(=O)OC2C)c(N)c1=O. The summed E-state index contributed by atoms with van der Waals surface area (Å²) in [7, 11) is 5.54. The molecule has 28 nitrogen and oxygen atoms in total. The summed E-state index contributed by atoms with van der Waals surface area (Å²) in [6, 6.07) is -7.85. The van der Waals surface area contributed by atoms with Gasteiger partial charge in [0.15, 0.2) is 11.3 Å². The van der Waals surface area contributed by atoms with Gasteiger partial charge in [0.2, 0.25) is 52.7 Å². The number of aromatic nitrogens is 1. The number of esters is 2. The van der Waals surface area contributed by atoms with E-state index in [2.05, 4.69) is 21.3 Å². The molecule has 5 aliphatic heterocycles. The molecule has 7 rings (SSSR count). The molecule has 6 N–H and O–H groups in total. The number of hydrogen-bond donors (Lipinski definition) is 5. The lowest BCUT2D eigenvalue weighted by Crippen LogP contribution is -2.65. The number of benzene rings is 2. The van der Waals surface area contributed by atoms with Crippen LogP contribution in [0, 0.1) is 37.5 Å². The first-order valence-corrected chi connectivity index (χ1v) is 29.5. The Bertz CT molecular complexity index is 3380. The Labute approximate surface area is 509 Å². The topological polar surface area (TPSA) is 360 Å². The Morgan fingerprint density at radius 2 is 1.03 bits per heavy atom. The number of nitrogens with zero attached hydrogens (tertiary/aromatic N) is 7. The zero-order valence-electron chi connectivity index (χ0n) is 52.7. The van der Waals surface area contributed by atoms with E-state index in [1.807, 2.05) is 0 Å². The van der Waals surface area contributed by atoms with Crippen molar-refractivity contribution in [3.8, 4) is 11.5 Å². The number of nitrogens with one attached hydrogen (secondary N) is 4. The van der Waals surface area contributed by atoms with Crippen LogP contribution in [-0.2, 0) is 57.4 Å². The molecule has 0 saturated carbocycles. The van der Waals surface area contributed by atoms with Crippen molar-refractivity contribution in [3.63, 3.8) is 0 Å². The van der Waals surface area contributed by atoms with Gasteiger partial charge in [0.25, 0.3) is 11.8 Å². The lowest BCUT2D eigenvalue weighted by molar-refractivity contribution is -0.164. The molecular weight excluding hydrogens is 1140 g/mol. The van der Waals surface area contributed by atoms with Crippen LogP contribution in [0.25, 0.3) is 22.6 Å². The summed E-state index contributed by atoms with van der Waals surface area (Å²) < 4.78 is 18.2. The van der Waals surface area contributed by atoms with Gasteiger partial charge in [-0.3, -0.25) is 52.7 Å². The maximum atomic E-state index is 15.1. The van der Waals surface area contributed by atoms with Crippen LogP contribution in [0.15, 0.2) is 21.3 Å². The van der Waals surface area contributed by atoms with E-state index in [9.17, 15) is 52.7 Å². The molecule has 5 heterocycles. The molecule has 10 unspecified atom stereocenters. The highest BCUT2D eigenvalue weighted by Gasteiger charge is 2.48. The van der Waals surface area contributed by atoms with Gasteiger partial charge in [0, 0.05) is 46.8 Å². The smallest absolute Gasteiger partial charge is 0.329 e. The Morgan fingerprint density at radius 3 is 1.42 bits per heavy atom. The van der Waals surface area contributed by atoms with Crippen LogP contribution in [0.3, 0.4) is 0 Å². The lowest BCUT2D eigenvalue weighted by atomic mass is 9.95. The fraction of sp³-hybridized carbons (Fsp3) is 0.600. The average Bonchev–Trinajstić information content (AvgIpc) is 0.765. The minimum Gasteiger partial charge on any atom is -0.458 e. The molecule has 10 amide bonds. The van der Waals surface area contributed by atoms with Crippen molar-refractivity contribution in [3.05, 3.63) is 44.6 Å². The predicted octanol–water partition coefficient (Wildman–Crippen LogP) is -0.0546. The van der Waals surface area contributed by atoms with Crippen LogP contribution in [0.1, 0.15) is 114 Å². The Hall–Kier alpha value is -8.72. The molecule has 0 spiro atoms. The van der Waals surface area contributed by atoms with Crippen LogP contribution in [0.5, 0.6) is 0 Å². The van der Waals surface area contributed by atoms with Gasteiger partial charge < -0.3 is 70.3 Å². The number of carbonyl (C=O) groups excluding carboxylic acids is 12. The molecule has 1 aromatic rings. The van der Waals surface area contributed by atoms with E-state index in [1.54, 1.807) is 62.3 Å². The predicted molar refractivity (Wildman–Crippen MR) is 316 cm³/mol. The van der Waals surface area contributed by atoms with Gasteiger partial charge in [-0.1, -0.05) is 61.5 Å². The second kappa shape index (κ2) is 26.3. The normalized spacial score (nSPS) is 26.3. The maximum Gasteiger partial charge on any atom is 0.329 e. The molecule has 1 aromatic carbocycles. The summed E-state index contributed by atoms with van der Waals surface area (Å²) in [5.41, 5.74) is 3.53. The number of ether oxygens (including phenoxy) is 2. The highest BCUT2D eigenvalue weighted by atomic mass is 16.6. The first-order valence-electron chi connectivity index (χ1n) is 29.5. The average molecular weight is 1230 g/mol. The number of rotatable bonds is 8. The Balaban J connectivity index is 1.31. The van der Waals surface area contributed by atoms with Crippen molar-refractivity contribution in [2.45, 2.75) is 156 Å². The number of aryl methyl sites for hydroxylation is 1. The van der Waals surface area contributed by atoms with Gasteiger partial charge in [-0.2, -0.15) is 0 Å². The quantitative estimate of drug-likeness (QED) is 0.112. The van der Waals surface area contributed by atoms with E-state index in [4.69, 9.17) is 24.6 Å². The van der Waals surface area contributed by atoms with Crippen molar-refractivity contribution in [1.29, 1.82) is 0 Å². The molecule has 0 bridgehead atoms. The highest BCUT2D eigenvalue weighted by Crippen LogP contribution is 2.35. The maximum absolute atomic E-state index is 15.1. The van der Waals surface area contributed by atoms with Gasteiger partial charge in [0.05, 0.1) is 29.9 Å². The molecule has 1 aliphatic carbocycles. The van der Waals surface area contributed by atoms with E-state index < -0.39 is 191 Å². The minimum absolute atomic E-state index is 0.0780. The summed E-state index contributed by atoms with van der Waals surface area (Å²) in [6.07, 6.45) is -2.53. The number of amides is 10. The zero-order chi connectivity index (χ0) is 65.6. The van der Waals surface area contributed by atoms with Crippen molar-refractivity contribution >= 4 is 87.8 Å². The largest absolute Gasteiger partial charge is 0.458 e. The number of carbonyl (C=O) groups is 12. The Morgan fingerprint density at radius 1 is 0.614 bits per heavy atom. The number of likely N-dealkylation sites (N-methyl/N-ethyl adjacent to an activating group) is 4. The van der Waals surface area contributed by atoms with E-state index in [-0.39, 0.29) is 53.9 Å². The fourth-order valence-electron chi connectivity index (χ4n) is 11.5. The van der Waals surface area contributed by atoms with Crippen molar-refractivity contribution < 1.29 is 71.4 Å². The van der Waals surface area contributed by atoms with Gasteiger partial charge in [-0.05, 0) is 75.8 Å². The summed E-state index contributed by atoms with van der Waals surface area (Å²) in [4.78, 5) is 197. The molecule has 28 heteroatoms. The van der Waals surface area contributed by atoms with Crippen LogP contribution in [0.4, 0.5) is 5.69 Å². The summed E-state index contributed by atoms with van der Waals surface area (Å²) in [5.74, 6) is -12.4. The molecular formula is C60H82N12O16. The number of nitrogens with two attached hydrogens (primary N) is 1. The molecule has 10 atom stereocenters. The third-order valence-corrected chi connectivity index (χ3v) is 17.1. The Kier molecular flexibility index (Phi) is 20.0. The summed E-state index contributed by atoms with van der Waals surface area (Å²) in [5, 5.41) is 10.6. The van der Waals surface area contributed by atoms with E-state index in [0.717, 1.165) is 9.80 Å². The first kappa shape index (κ1) is 66.8. The van der Waals surface area contributed by atoms with Gasteiger partial charge in [-0.15, -0.1) is 0 Å². The van der Waals surface area contributed by atoms with Crippen LogP contribution < -0.4 is 32.4 Å². The first-order chi connectivity index (χ1) is 41.1. The monoisotopic (exact) mass is 1230 g/mol. The summed E-state index contributed by atoms with van der Waals surface area (Å²) >= 11 is 0. The van der Waals surface area contributed by atoms with Crippen LogP contribution in [0.2, 0.25) is 0 Å². The van der Waals surface area contributed by atoms with Crippen molar-refractivity contribution in [2.75, 3.05) is 60.1 Å². The standard InChI is InChI=1S/C60H82N12O16/c1-25(2)40-57(82)71-21-19-34(71)55(80)67(13)23-36(73)69(15)46(27(5)6)59(84)86-31(11)42(53(78)63-40)65-51(76)33-18-17-29(9)49-44(33)62-45-38(39(61)48(75)30(10)50(45)88-49)52(77)66-43-32(12)87-60(85)47(28(7)8)70(16)37(74)24-68(14)56(81)35-20-22-72(35)58(83)41(26(3)4)64-54(43)79/h17-18,25-28,31-32,34-35,40-43,46-47H,19-24,61H2,1-16H3,(H,63,78)(H,64,79)(H,65,76)(H,66,77). The second-order valence-electron chi connectivity index (χ2n) is 24.8. The molecule has 4 fully saturated rings. The van der Waals surface area contributed by atoms with E-state index >= 15 is 9.59 Å². The number of hydrogen-bond acceptors (Lipinski definition) is 18. The van der Waals surface area contributed by atoms with Crippen LogP contribution in [-0.4, -0.2) is 220 Å². The number of cyclic esters (lactones) is 2. The number of nitrogen functional groups attached to an aromatic ring is 1. The van der Waals surface area contributed by atoms with Gasteiger partial charge >= 0.3 is 11.9 Å². The van der Waals surface area contributed by atoms with Gasteiger partial charge in [0.1, 0.15) is 71.8 Å². The lowest BCUT2D eigenvalue weighted by Gasteiger charge is -2.44. The number of anilines is 1. The van der Waals surface area contributed by atoms with Crippen molar-refractivity contribution in [2.24, 2.45) is 23.7 Å². The van der Waals surface area contributed by atoms with Crippen molar-refractivity contribution in [1.82, 2.24) is 55.7 Å².